The minimum Gasteiger partial charge on any atom is -0.450 e. The summed E-state index contributed by atoms with van der Waals surface area (Å²) in [5.74, 6) is 1.45. The number of ether oxygens (including phenoxy) is 1. The molecule has 0 heterocycles. The zero-order chi connectivity index (χ0) is 16.8. The molecule has 0 aromatic carbocycles. The Hall–Kier alpha value is -0.730. The van der Waals surface area contributed by atoms with Gasteiger partial charge in [-0.3, -0.25) is 0 Å². The van der Waals surface area contributed by atoms with Gasteiger partial charge in [-0.25, -0.2) is 4.79 Å². The fraction of sp³-hybridized carbons (Fsp3) is 0.947. The van der Waals surface area contributed by atoms with E-state index in [1.54, 1.807) is 0 Å². The van der Waals surface area contributed by atoms with Crippen LogP contribution in [-0.2, 0) is 4.74 Å². The number of alkyl carbamates (subject to hydrolysis) is 1. The number of unbranched alkanes of at least 4 members (excludes halogenated alkanes) is 1. The van der Waals surface area contributed by atoms with Crippen LogP contribution in [0, 0.1) is 22.7 Å². The smallest absolute Gasteiger partial charge is 0.407 e. The molecule has 0 spiro atoms. The largest absolute Gasteiger partial charge is 0.450 e. The second-order valence-corrected chi connectivity index (χ2v) is 9.04. The topological polar surface area (TPSA) is 38.3 Å². The zero-order valence-electron chi connectivity index (χ0n) is 15.6. The van der Waals surface area contributed by atoms with Gasteiger partial charge >= 0.3 is 6.09 Å². The molecule has 1 rings (SSSR count). The van der Waals surface area contributed by atoms with E-state index in [4.69, 9.17) is 4.74 Å². The fourth-order valence-electron chi connectivity index (χ4n) is 4.45. The minimum absolute atomic E-state index is 0.192. The number of carbonyl (C=O) groups excluding carboxylic acids is 1. The third kappa shape index (κ3) is 7.51. The normalized spacial score (nSPS) is 27.7. The van der Waals surface area contributed by atoms with Crippen molar-refractivity contribution in [3.8, 4) is 0 Å². The molecule has 1 fully saturated rings. The van der Waals surface area contributed by atoms with E-state index in [9.17, 15) is 4.79 Å². The molecule has 130 valence electrons. The summed E-state index contributed by atoms with van der Waals surface area (Å²) >= 11 is 0. The fourth-order valence-corrected chi connectivity index (χ4v) is 4.45. The standard InChI is InChI=1S/C19H37NO2/c1-15(2)9-7-8-10-22-17(21)20-14-19(6)12-16(3)11-18(4,5)13-19/h15-16H,7-14H2,1-6H3,(H,20,21). The molecule has 0 saturated heterocycles. The van der Waals surface area contributed by atoms with Crippen LogP contribution in [0.3, 0.4) is 0 Å². The van der Waals surface area contributed by atoms with Gasteiger partial charge in [-0.05, 0) is 54.8 Å². The van der Waals surface area contributed by atoms with Crippen molar-refractivity contribution < 1.29 is 9.53 Å². The Morgan fingerprint density at radius 2 is 1.91 bits per heavy atom. The van der Waals surface area contributed by atoms with Crippen LogP contribution in [0.2, 0.25) is 0 Å². The van der Waals surface area contributed by atoms with Crippen LogP contribution in [0.25, 0.3) is 0 Å². The highest BCUT2D eigenvalue weighted by Crippen LogP contribution is 2.48. The van der Waals surface area contributed by atoms with Gasteiger partial charge in [0.05, 0.1) is 6.61 Å². The predicted octanol–water partition coefficient (Wildman–Crippen LogP) is 5.39. The van der Waals surface area contributed by atoms with Crippen molar-refractivity contribution in [1.29, 1.82) is 0 Å². The number of rotatable bonds is 7. The first-order valence-corrected chi connectivity index (χ1v) is 9.03. The summed E-state index contributed by atoms with van der Waals surface area (Å²) in [4.78, 5) is 11.8. The first-order valence-electron chi connectivity index (χ1n) is 9.03. The van der Waals surface area contributed by atoms with Crippen LogP contribution in [0.4, 0.5) is 4.79 Å². The molecule has 0 bridgehead atoms. The molecule has 0 radical (unpaired) electrons. The summed E-state index contributed by atoms with van der Waals surface area (Å²) in [5, 5.41) is 2.99. The summed E-state index contributed by atoms with van der Waals surface area (Å²) < 4.78 is 5.29. The molecule has 22 heavy (non-hydrogen) atoms. The Balaban J connectivity index is 2.25. The van der Waals surface area contributed by atoms with Crippen LogP contribution in [0.1, 0.15) is 80.1 Å². The average Bonchev–Trinajstić information content (AvgIpc) is 2.32. The quantitative estimate of drug-likeness (QED) is 0.640. The Labute approximate surface area is 137 Å². The van der Waals surface area contributed by atoms with Crippen molar-refractivity contribution in [2.24, 2.45) is 22.7 Å². The average molecular weight is 312 g/mol. The van der Waals surface area contributed by atoms with Crippen LogP contribution >= 0.6 is 0 Å². The van der Waals surface area contributed by atoms with Crippen LogP contribution < -0.4 is 5.32 Å². The Kier molecular flexibility index (Phi) is 7.21. The van der Waals surface area contributed by atoms with E-state index < -0.39 is 0 Å². The van der Waals surface area contributed by atoms with Crippen molar-refractivity contribution in [2.75, 3.05) is 13.2 Å². The van der Waals surface area contributed by atoms with Gasteiger partial charge in [0.15, 0.2) is 0 Å². The molecule has 2 atom stereocenters. The number of amides is 1. The molecule has 1 N–H and O–H groups in total. The lowest BCUT2D eigenvalue weighted by Gasteiger charge is -2.45. The van der Waals surface area contributed by atoms with Gasteiger partial charge in [0, 0.05) is 6.54 Å². The highest BCUT2D eigenvalue weighted by Gasteiger charge is 2.39. The van der Waals surface area contributed by atoms with Crippen molar-refractivity contribution in [3.63, 3.8) is 0 Å². The van der Waals surface area contributed by atoms with Gasteiger partial charge in [0.1, 0.15) is 0 Å². The van der Waals surface area contributed by atoms with Gasteiger partial charge in [0.25, 0.3) is 0 Å². The SMILES string of the molecule is CC(C)CCCCOC(=O)NCC1(C)CC(C)CC(C)(C)C1. The predicted molar refractivity (Wildman–Crippen MR) is 92.9 cm³/mol. The second kappa shape index (κ2) is 8.21. The van der Waals surface area contributed by atoms with Crippen LogP contribution in [0.15, 0.2) is 0 Å². The molecule has 3 heteroatoms. The highest BCUT2D eigenvalue weighted by atomic mass is 16.5. The summed E-state index contributed by atoms with van der Waals surface area (Å²) in [5.41, 5.74) is 0.562. The molecule has 2 unspecified atom stereocenters. The zero-order valence-corrected chi connectivity index (χ0v) is 15.6. The van der Waals surface area contributed by atoms with E-state index in [2.05, 4.69) is 46.9 Å². The van der Waals surface area contributed by atoms with Gasteiger partial charge in [-0.1, -0.05) is 48.0 Å². The van der Waals surface area contributed by atoms with Crippen molar-refractivity contribution in [1.82, 2.24) is 5.32 Å². The molecule has 0 aromatic rings. The van der Waals surface area contributed by atoms with E-state index >= 15 is 0 Å². The van der Waals surface area contributed by atoms with E-state index in [0.717, 1.165) is 31.2 Å². The monoisotopic (exact) mass is 311 g/mol. The summed E-state index contributed by atoms with van der Waals surface area (Å²) in [6, 6.07) is 0. The maximum absolute atomic E-state index is 11.8. The van der Waals surface area contributed by atoms with Crippen molar-refractivity contribution in [3.05, 3.63) is 0 Å². The van der Waals surface area contributed by atoms with Crippen LogP contribution in [0.5, 0.6) is 0 Å². The Bertz CT molecular complexity index is 351. The number of hydrogen-bond donors (Lipinski definition) is 1. The third-order valence-corrected chi connectivity index (χ3v) is 4.72. The number of carbonyl (C=O) groups is 1. The molecule has 0 aliphatic heterocycles. The van der Waals surface area contributed by atoms with Crippen LogP contribution in [-0.4, -0.2) is 19.2 Å². The molecular weight excluding hydrogens is 274 g/mol. The first kappa shape index (κ1) is 19.3. The van der Waals surface area contributed by atoms with Gasteiger partial charge in [0.2, 0.25) is 0 Å². The van der Waals surface area contributed by atoms with Gasteiger partial charge in [-0.2, -0.15) is 0 Å². The molecule has 3 nitrogen and oxygen atoms in total. The Morgan fingerprint density at radius 1 is 1.23 bits per heavy atom. The second-order valence-electron chi connectivity index (χ2n) is 9.04. The highest BCUT2D eigenvalue weighted by molar-refractivity contribution is 5.67. The molecule has 1 amide bonds. The lowest BCUT2D eigenvalue weighted by Crippen LogP contribution is -2.43. The minimum atomic E-state index is -0.248. The summed E-state index contributed by atoms with van der Waals surface area (Å²) in [6.45, 7) is 15.0. The third-order valence-electron chi connectivity index (χ3n) is 4.72. The lowest BCUT2D eigenvalue weighted by molar-refractivity contribution is 0.0580. The number of hydrogen-bond acceptors (Lipinski definition) is 2. The Morgan fingerprint density at radius 3 is 2.50 bits per heavy atom. The van der Waals surface area contributed by atoms with E-state index in [-0.39, 0.29) is 11.5 Å². The van der Waals surface area contributed by atoms with E-state index in [1.807, 2.05) is 0 Å². The summed E-state index contributed by atoms with van der Waals surface area (Å²) in [6.07, 6.45) is 6.69. The van der Waals surface area contributed by atoms with Crippen molar-refractivity contribution in [2.45, 2.75) is 80.1 Å². The maximum Gasteiger partial charge on any atom is 0.407 e. The maximum atomic E-state index is 11.8. The van der Waals surface area contributed by atoms with E-state index in [0.29, 0.717) is 12.0 Å². The van der Waals surface area contributed by atoms with Gasteiger partial charge < -0.3 is 10.1 Å². The lowest BCUT2D eigenvalue weighted by atomic mass is 9.61. The molecular formula is C19H37NO2. The molecule has 1 saturated carbocycles. The number of nitrogens with one attached hydrogen (secondary N) is 1. The summed E-state index contributed by atoms with van der Waals surface area (Å²) in [7, 11) is 0. The van der Waals surface area contributed by atoms with E-state index in [1.165, 1.54) is 25.7 Å². The molecule has 1 aliphatic carbocycles. The molecule has 0 aromatic heterocycles. The first-order chi connectivity index (χ1) is 10.1. The van der Waals surface area contributed by atoms with Crippen molar-refractivity contribution >= 4 is 6.09 Å². The van der Waals surface area contributed by atoms with Gasteiger partial charge in [-0.15, -0.1) is 0 Å². The molecule has 1 aliphatic rings.